The van der Waals surface area contributed by atoms with Crippen molar-refractivity contribution < 1.29 is 9.90 Å². The van der Waals surface area contributed by atoms with Crippen LogP contribution in [0.2, 0.25) is 5.02 Å². The summed E-state index contributed by atoms with van der Waals surface area (Å²) in [5.74, 6) is -0.0927. The molecule has 3 N–H and O–H groups in total. The number of hydrogen-bond donors (Lipinski definition) is 2. The third-order valence-electron chi connectivity index (χ3n) is 3.09. The van der Waals surface area contributed by atoms with Gasteiger partial charge in [-0.05, 0) is 31.0 Å². The topological polar surface area (TPSA) is 66.6 Å². The monoisotopic (exact) mass is 254 g/mol. The molecule has 0 aliphatic carbocycles. The third kappa shape index (κ3) is 2.37. The summed E-state index contributed by atoms with van der Waals surface area (Å²) in [4.78, 5) is 13.9. The average molecular weight is 255 g/mol. The minimum atomic E-state index is -0.0927. The van der Waals surface area contributed by atoms with E-state index in [4.69, 9.17) is 17.3 Å². The largest absolute Gasteiger partial charge is 0.398 e. The molecule has 1 fully saturated rings. The lowest BCUT2D eigenvalue weighted by molar-refractivity contribution is 0.0677. The van der Waals surface area contributed by atoms with Gasteiger partial charge in [-0.25, -0.2) is 0 Å². The Bertz CT molecular complexity index is 437. The normalized spacial score (nSPS) is 19.6. The van der Waals surface area contributed by atoms with E-state index in [1.54, 1.807) is 23.1 Å². The molecule has 1 aromatic rings. The van der Waals surface area contributed by atoms with Crippen molar-refractivity contribution >= 4 is 23.2 Å². The number of likely N-dealkylation sites (tertiary alicyclic amines) is 1. The van der Waals surface area contributed by atoms with E-state index < -0.39 is 0 Å². The molecule has 1 aromatic carbocycles. The van der Waals surface area contributed by atoms with E-state index in [2.05, 4.69) is 0 Å². The number of nitrogens with zero attached hydrogens (tertiary/aromatic N) is 1. The van der Waals surface area contributed by atoms with Crippen LogP contribution < -0.4 is 5.73 Å². The minimum absolute atomic E-state index is 0.00874. The van der Waals surface area contributed by atoms with Gasteiger partial charge in [0.15, 0.2) is 0 Å². The van der Waals surface area contributed by atoms with Crippen molar-refractivity contribution in [3.63, 3.8) is 0 Å². The zero-order chi connectivity index (χ0) is 12.4. The summed E-state index contributed by atoms with van der Waals surface area (Å²) in [6.07, 6.45) is 1.78. The van der Waals surface area contributed by atoms with Gasteiger partial charge < -0.3 is 15.7 Å². The molecule has 1 aliphatic rings. The highest BCUT2D eigenvalue weighted by molar-refractivity contribution is 6.33. The lowest BCUT2D eigenvalue weighted by Crippen LogP contribution is -2.37. The van der Waals surface area contributed by atoms with E-state index in [0.717, 1.165) is 12.8 Å². The molecule has 0 bridgehead atoms. The maximum atomic E-state index is 12.2. The number of carbonyl (C=O) groups is 1. The highest BCUT2D eigenvalue weighted by atomic mass is 35.5. The minimum Gasteiger partial charge on any atom is -0.398 e. The number of hydrogen-bond acceptors (Lipinski definition) is 3. The number of rotatable bonds is 2. The Morgan fingerprint density at radius 3 is 3.00 bits per heavy atom. The summed E-state index contributed by atoms with van der Waals surface area (Å²) >= 11 is 5.81. The molecule has 5 heteroatoms. The standard InChI is InChI=1S/C12H15ClN2O2/c13-10-4-3-8(6-11(10)14)12(17)15-5-1-2-9(15)7-16/h3-4,6,9,16H,1-2,5,7,14H2/t9-/m1/s1. The number of anilines is 1. The summed E-state index contributed by atoms with van der Waals surface area (Å²) in [6, 6.07) is 4.79. The van der Waals surface area contributed by atoms with Gasteiger partial charge in [0.05, 0.1) is 23.4 Å². The zero-order valence-electron chi connectivity index (χ0n) is 9.40. The van der Waals surface area contributed by atoms with Crippen LogP contribution in [0.15, 0.2) is 18.2 Å². The lowest BCUT2D eigenvalue weighted by Gasteiger charge is -2.23. The number of halogens is 1. The molecule has 92 valence electrons. The van der Waals surface area contributed by atoms with Crippen LogP contribution in [0.4, 0.5) is 5.69 Å². The zero-order valence-corrected chi connectivity index (χ0v) is 10.2. The highest BCUT2D eigenvalue weighted by Crippen LogP contribution is 2.23. The van der Waals surface area contributed by atoms with Crippen molar-refractivity contribution in [2.75, 3.05) is 18.9 Å². The fraction of sp³-hybridized carbons (Fsp3) is 0.417. The molecular formula is C12H15ClN2O2. The molecule has 4 nitrogen and oxygen atoms in total. The van der Waals surface area contributed by atoms with Gasteiger partial charge in [0.1, 0.15) is 0 Å². The number of nitrogens with two attached hydrogens (primary N) is 1. The lowest BCUT2D eigenvalue weighted by atomic mass is 10.1. The molecular weight excluding hydrogens is 240 g/mol. The van der Waals surface area contributed by atoms with Crippen molar-refractivity contribution in [3.8, 4) is 0 Å². The molecule has 1 saturated heterocycles. The van der Waals surface area contributed by atoms with E-state index in [0.29, 0.717) is 22.8 Å². The Balaban J connectivity index is 2.21. The Morgan fingerprint density at radius 2 is 2.35 bits per heavy atom. The van der Waals surface area contributed by atoms with Gasteiger partial charge in [-0.1, -0.05) is 11.6 Å². The van der Waals surface area contributed by atoms with Gasteiger partial charge in [0.2, 0.25) is 0 Å². The first-order chi connectivity index (χ1) is 8.13. The molecule has 0 saturated carbocycles. The van der Waals surface area contributed by atoms with Gasteiger partial charge in [0.25, 0.3) is 5.91 Å². The van der Waals surface area contributed by atoms with Crippen LogP contribution in [0, 0.1) is 0 Å². The first-order valence-electron chi connectivity index (χ1n) is 5.60. The fourth-order valence-corrected chi connectivity index (χ4v) is 2.25. The Labute approximate surface area is 105 Å². The third-order valence-corrected chi connectivity index (χ3v) is 3.44. The van der Waals surface area contributed by atoms with E-state index in [9.17, 15) is 9.90 Å². The van der Waals surface area contributed by atoms with E-state index in [-0.39, 0.29) is 18.6 Å². The highest BCUT2D eigenvalue weighted by Gasteiger charge is 2.28. The van der Waals surface area contributed by atoms with Crippen molar-refractivity contribution in [1.82, 2.24) is 4.90 Å². The number of amides is 1. The van der Waals surface area contributed by atoms with Crippen molar-refractivity contribution in [1.29, 1.82) is 0 Å². The van der Waals surface area contributed by atoms with Gasteiger partial charge in [-0.2, -0.15) is 0 Å². The van der Waals surface area contributed by atoms with Gasteiger partial charge in [-0.15, -0.1) is 0 Å². The van der Waals surface area contributed by atoms with Crippen LogP contribution >= 0.6 is 11.6 Å². The molecule has 1 aliphatic heterocycles. The predicted octanol–water partition coefficient (Wildman–Crippen LogP) is 1.52. The second kappa shape index (κ2) is 4.94. The molecule has 1 heterocycles. The van der Waals surface area contributed by atoms with E-state index in [1.165, 1.54) is 0 Å². The summed E-state index contributed by atoms with van der Waals surface area (Å²) in [7, 11) is 0. The van der Waals surface area contributed by atoms with Crippen LogP contribution in [0.3, 0.4) is 0 Å². The second-order valence-electron chi connectivity index (χ2n) is 4.21. The molecule has 1 atom stereocenters. The first-order valence-corrected chi connectivity index (χ1v) is 5.98. The Kier molecular flexibility index (Phi) is 3.54. The Morgan fingerprint density at radius 1 is 1.59 bits per heavy atom. The number of benzene rings is 1. The molecule has 0 radical (unpaired) electrons. The van der Waals surface area contributed by atoms with E-state index in [1.807, 2.05) is 0 Å². The van der Waals surface area contributed by atoms with Crippen molar-refractivity contribution in [2.24, 2.45) is 0 Å². The van der Waals surface area contributed by atoms with E-state index >= 15 is 0 Å². The Hall–Kier alpha value is -1.26. The van der Waals surface area contributed by atoms with Crippen LogP contribution in [0.25, 0.3) is 0 Å². The van der Waals surface area contributed by atoms with Crippen molar-refractivity contribution in [3.05, 3.63) is 28.8 Å². The molecule has 2 rings (SSSR count). The summed E-state index contributed by atoms with van der Waals surface area (Å²) in [5, 5.41) is 9.64. The first kappa shape index (κ1) is 12.2. The van der Waals surface area contributed by atoms with Crippen LogP contribution in [-0.2, 0) is 0 Å². The number of nitrogen functional groups attached to an aromatic ring is 1. The maximum absolute atomic E-state index is 12.2. The number of aliphatic hydroxyl groups is 1. The molecule has 1 amide bonds. The van der Waals surface area contributed by atoms with Crippen LogP contribution in [-0.4, -0.2) is 35.1 Å². The number of aliphatic hydroxyl groups excluding tert-OH is 1. The average Bonchev–Trinajstić information content (AvgIpc) is 2.80. The molecule has 0 unspecified atom stereocenters. The quantitative estimate of drug-likeness (QED) is 0.787. The number of carbonyl (C=O) groups excluding carboxylic acids is 1. The fourth-order valence-electron chi connectivity index (χ4n) is 2.14. The summed E-state index contributed by atoms with van der Waals surface area (Å²) in [6.45, 7) is 0.696. The van der Waals surface area contributed by atoms with Gasteiger partial charge >= 0.3 is 0 Å². The van der Waals surface area contributed by atoms with Gasteiger partial charge in [0, 0.05) is 12.1 Å². The predicted molar refractivity (Wildman–Crippen MR) is 67.0 cm³/mol. The molecule has 17 heavy (non-hydrogen) atoms. The van der Waals surface area contributed by atoms with Crippen LogP contribution in [0.1, 0.15) is 23.2 Å². The maximum Gasteiger partial charge on any atom is 0.254 e. The smallest absolute Gasteiger partial charge is 0.254 e. The SMILES string of the molecule is Nc1cc(C(=O)N2CCC[C@@H]2CO)ccc1Cl. The van der Waals surface area contributed by atoms with Gasteiger partial charge in [-0.3, -0.25) is 4.79 Å². The molecule has 0 spiro atoms. The van der Waals surface area contributed by atoms with Crippen molar-refractivity contribution in [2.45, 2.75) is 18.9 Å². The summed E-state index contributed by atoms with van der Waals surface area (Å²) < 4.78 is 0. The van der Waals surface area contributed by atoms with Crippen LogP contribution in [0.5, 0.6) is 0 Å². The second-order valence-corrected chi connectivity index (χ2v) is 4.62. The molecule has 0 aromatic heterocycles. The summed E-state index contributed by atoms with van der Waals surface area (Å²) in [5.41, 5.74) is 6.59.